The highest BCUT2D eigenvalue weighted by atomic mass is 19.1. The molecule has 0 atom stereocenters. The van der Waals surface area contributed by atoms with E-state index in [2.05, 4.69) is 11.9 Å². The summed E-state index contributed by atoms with van der Waals surface area (Å²) >= 11 is 0. The molecule has 4 heteroatoms. The molecule has 0 saturated carbocycles. The maximum Gasteiger partial charge on any atom is 0.250 e. The first-order chi connectivity index (χ1) is 6.50. The highest BCUT2D eigenvalue weighted by Crippen LogP contribution is 2.23. The first kappa shape index (κ1) is 10.2. The van der Waals surface area contributed by atoms with Gasteiger partial charge in [0.1, 0.15) is 11.6 Å². The van der Waals surface area contributed by atoms with E-state index in [1.807, 2.05) is 0 Å². The first-order valence-corrected chi connectivity index (χ1v) is 3.96. The van der Waals surface area contributed by atoms with Crippen molar-refractivity contribution in [3.05, 3.63) is 36.2 Å². The smallest absolute Gasteiger partial charge is 0.250 e. The van der Waals surface area contributed by atoms with Crippen LogP contribution >= 0.6 is 0 Å². The van der Waals surface area contributed by atoms with Crippen molar-refractivity contribution >= 4 is 11.6 Å². The Bertz CT molecular complexity index is 388. The zero-order chi connectivity index (χ0) is 10.7. The monoisotopic (exact) mass is 195 g/mol. The van der Waals surface area contributed by atoms with Gasteiger partial charge in [-0.25, -0.2) is 4.39 Å². The number of anilines is 1. The van der Waals surface area contributed by atoms with Gasteiger partial charge in [-0.3, -0.25) is 4.79 Å². The normalized spacial score (nSPS) is 9.57. The minimum Gasteiger partial charge on any atom is -0.506 e. The van der Waals surface area contributed by atoms with Gasteiger partial charge in [0.15, 0.2) is 0 Å². The van der Waals surface area contributed by atoms with E-state index in [4.69, 9.17) is 0 Å². The number of aromatic hydroxyl groups is 1. The summed E-state index contributed by atoms with van der Waals surface area (Å²) in [4.78, 5) is 11.1. The van der Waals surface area contributed by atoms with Gasteiger partial charge < -0.3 is 10.4 Å². The van der Waals surface area contributed by atoms with Gasteiger partial charge in [0.25, 0.3) is 5.91 Å². The maximum absolute atomic E-state index is 12.6. The number of halogens is 1. The van der Waals surface area contributed by atoms with E-state index < -0.39 is 11.7 Å². The Morgan fingerprint density at radius 2 is 2.21 bits per heavy atom. The van der Waals surface area contributed by atoms with Crippen molar-refractivity contribution in [2.24, 2.45) is 0 Å². The van der Waals surface area contributed by atoms with Gasteiger partial charge in [-0.1, -0.05) is 6.58 Å². The van der Waals surface area contributed by atoms with Crippen LogP contribution < -0.4 is 5.32 Å². The van der Waals surface area contributed by atoms with Gasteiger partial charge >= 0.3 is 0 Å². The molecule has 1 rings (SSSR count). The predicted octanol–water partition coefficient (Wildman–Crippen LogP) is 2.05. The Kier molecular flexibility index (Phi) is 2.86. The number of hydrogen-bond acceptors (Lipinski definition) is 2. The molecule has 0 fully saturated rings. The molecule has 74 valence electrons. The Morgan fingerprint density at radius 1 is 1.57 bits per heavy atom. The molecule has 0 heterocycles. The molecule has 0 aromatic heterocycles. The summed E-state index contributed by atoms with van der Waals surface area (Å²) in [6, 6.07) is 3.35. The van der Waals surface area contributed by atoms with E-state index in [1.54, 1.807) is 0 Å². The molecule has 3 nitrogen and oxygen atoms in total. The lowest BCUT2D eigenvalue weighted by Gasteiger charge is -2.06. The summed E-state index contributed by atoms with van der Waals surface area (Å²) in [5.41, 5.74) is 0.480. The van der Waals surface area contributed by atoms with Crippen LogP contribution in [0, 0.1) is 5.82 Å². The molecule has 0 saturated heterocycles. The average molecular weight is 195 g/mol. The number of benzene rings is 1. The van der Waals surface area contributed by atoms with E-state index in [9.17, 15) is 14.3 Å². The van der Waals surface area contributed by atoms with Crippen LogP contribution in [0.15, 0.2) is 30.4 Å². The number of rotatable bonds is 2. The van der Waals surface area contributed by atoms with Crippen molar-refractivity contribution in [3.63, 3.8) is 0 Å². The zero-order valence-electron chi connectivity index (χ0n) is 7.67. The third-order valence-electron chi connectivity index (χ3n) is 1.60. The highest BCUT2D eigenvalue weighted by molar-refractivity contribution is 6.03. The Hall–Kier alpha value is -1.84. The second-order valence-electron chi connectivity index (χ2n) is 2.90. The third kappa shape index (κ3) is 2.32. The van der Waals surface area contributed by atoms with Crippen molar-refractivity contribution in [2.45, 2.75) is 6.92 Å². The van der Waals surface area contributed by atoms with Crippen molar-refractivity contribution in [3.8, 4) is 5.75 Å². The van der Waals surface area contributed by atoms with Crippen LogP contribution in [0.5, 0.6) is 5.75 Å². The van der Waals surface area contributed by atoms with Crippen LogP contribution in [0.25, 0.3) is 0 Å². The van der Waals surface area contributed by atoms with Crippen LogP contribution in [0.4, 0.5) is 10.1 Å². The summed E-state index contributed by atoms with van der Waals surface area (Å²) < 4.78 is 12.6. The molecule has 0 unspecified atom stereocenters. The van der Waals surface area contributed by atoms with Crippen LogP contribution in [0.1, 0.15) is 6.92 Å². The molecule has 0 aliphatic rings. The largest absolute Gasteiger partial charge is 0.506 e. The average Bonchev–Trinajstić information content (AvgIpc) is 2.09. The second kappa shape index (κ2) is 3.91. The number of phenolic OH excluding ortho intramolecular Hbond substituents is 1. The Morgan fingerprint density at radius 3 is 2.71 bits per heavy atom. The molecule has 0 radical (unpaired) electrons. The van der Waals surface area contributed by atoms with Gasteiger partial charge in [0.2, 0.25) is 0 Å². The van der Waals surface area contributed by atoms with E-state index >= 15 is 0 Å². The quantitative estimate of drug-likeness (QED) is 0.560. The van der Waals surface area contributed by atoms with Gasteiger partial charge in [0, 0.05) is 11.6 Å². The third-order valence-corrected chi connectivity index (χ3v) is 1.60. The fourth-order valence-electron chi connectivity index (χ4n) is 0.840. The molecule has 0 bridgehead atoms. The van der Waals surface area contributed by atoms with E-state index in [0.29, 0.717) is 5.57 Å². The maximum atomic E-state index is 12.6. The molecule has 0 aliphatic heterocycles. The number of phenols is 1. The summed E-state index contributed by atoms with van der Waals surface area (Å²) in [5, 5.41) is 11.6. The van der Waals surface area contributed by atoms with Gasteiger partial charge in [-0.15, -0.1) is 0 Å². The van der Waals surface area contributed by atoms with Crippen molar-refractivity contribution in [1.29, 1.82) is 0 Å². The van der Waals surface area contributed by atoms with Crippen molar-refractivity contribution in [2.75, 3.05) is 5.32 Å². The molecular formula is C10H10FNO2. The Labute approximate surface area is 80.9 Å². The molecule has 14 heavy (non-hydrogen) atoms. The lowest BCUT2D eigenvalue weighted by molar-refractivity contribution is -0.112. The SMILES string of the molecule is C=C(C)C(=O)Nc1ccc(F)cc1O. The van der Waals surface area contributed by atoms with Crippen LogP contribution in [-0.4, -0.2) is 11.0 Å². The fraction of sp³-hybridized carbons (Fsp3) is 0.100. The highest BCUT2D eigenvalue weighted by Gasteiger charge is 2.06. The van der Waals surface area contributed by atoms with Gasteiger partial charge in [-0.2, -0.15) is 0 Å². The minimum atomic E-state index is -0.559. The standard InChI is InChI=1S/C10H10FNO2/c1-6(2)10(14)12-8-4-3-7(11)5-9(8)13/h3-5,13H,1H2,2H3,(H,12,14). The Balaban J connectivity index is 2.87. The molecule has 0 spiro atoms. The zero-order valence-corrected chi connectivity index (χ0v) is 7.67. The van der Waals surface area contributed by atoms with Crippen LogP contribution in [-0.2, 0) is 4.79 Å². The molecule has 1 aromatic rings. The number of carbonyl (C=O) groups is 1. The summed E-state index contributed by atoms with van der Waals surface area (Å²) in [6.45, 7) is 4.97. The minimum absolute atomic E-state index is 0.166. The first-order valence-electron chi connectivity index (χ1n) is 3.96. The van der Waals surface area contributed by atoms with E-state index in [1.165, 1.54) is 13.0 Å². The summed E-state index contributed by atoms with van der Waals surface area (Å²) in [6.07, 6.45) is 0. The van der Waals surface area contributed by atoms with Crippen molar-refractivity contribution in [1.82, 2.24) is 0 Å². The molecule has 1 amide bonds. The molecule has 0 aliphatic carbocycles. The molecule has 1 aromatic carbocycles. The van der Waals surface area contributed by atoms with Gasteiger partial charge in [-0.05, 0) is 19.1 Å². The van der Waals surface area contributed by atoms with Crippen molar-refractivity contribution < 1.29 is 14.3 Å². The lowest BCUT2D eigenvalue weighted by atomic mass is 10.2. The number of carbonyl (C=O) groups excluding carboxylic acids is 1. The number of hydrogen-bond donors (Lipinski definition) is 2. The predicted molar refractivity (Wildman–Crippen MR) is 51.5 cm³/mol. The van der Waals surface area contributed by atoms with Crippen LogP contribution in [0.3, 0.4) is 0 Å². The molecular weight excluding hydrogens is 185 g/mol. The van der Waals surface area contributed by atoms with Crippen LogP contribution in [0.2, 0.25) is 0 Å². The van der Waals surface area contributed by atoms with Gasteiger partial charge in [0.05, 0.1) is 5.69 Å². The molecule has 2 N–H and O–H groups in total. The lowest BCUT2D eigenvalue weighted by Crippen LogP contribution is -2.11. The fourth-order valence-corrected chi connectivity index (χ4v) is 0.840. The number of nitrogens with one attached hydrogen (secondary N) is 1. The summed E-state index contributed by atoms with van der Waals surface area (Å²) in [5.74, 6) is -1.28. The number of amides is 1. The van der Waals surface area contributed by atoms with E-state index in [0.717, 1.165) is 12.1 Å². The topological polar surface area (TPSA) is 49.3 Å². The second-order valence-corrected chi connectivity index (χ2v) is 2.90. The summed E-state index contributed by atoms with van der Waals surface area (Å²) in [7, 11) is 0. The van der Waals surface area contributed by atoms with E-state index in [-0.39, 0.29) is 11.4 Å².